The van der Waals surface area contributed by atoms with E-state index in [9.17, 15) is 61.9 Å². The van der Waals surface area contributed by atoms with E-state index >= 15 is 0 Å². The van der Waals surface area contributed by atoms with Crippen molar-refractivity contribution >= 4 is 5.97 Å². The van der Waals surface area contributed by atoms with Gasteiger partial charge < -0.3 is 4.74 Å². The number of halogens is 13. The largest absolute Gasteiger partial charge is 0.473 e. The minimum Gasteiger partial charge on any atom is -0.393 e. The van der Waals surface area contributed by atoms with Gasteiger partial charge in [0.25, 0.3) is 0 Å². The maximum atomic E-state index is 13.4. The van der Waals surface area contributed by atoms with Crippen LogP contribution in [0, 0.1) is 0 Å². The Morgan fingerprint density at radius 1 is 0.786 bits per heavy atom. The molecule has 0 aromatic rings. The summed E-state index contributed by atoms with van der Waals surface area (Å²) >= 11 is 0. The number of carbonyl (C=O) groups excluding carboxylic acids is 1. The van der Waals surface area contributed by atoms with Crippen molar-refractivity contribution in [1.82, 2.24) is 0 Å². The molecule has 0 saturated heterocycles. The maximum absolute atomic E-state index is 13.4. The summed E-state index contributed by atoms with van der Waals surface area (Å²) < 4.78 is 174. The molecule has 0 rings (SSSR count). The van der Waals surface area contributed by atoms with Crippen LogP contribution in [-0.2, 0) is 9.53 Å². The second-order valence-corrected chi connectivity index (χ2v) is 5.41. The predicted molar refractivity (Wildman–Crippen MR) is 65.8 cm³/mol. The van der Waals surface area contributed by atoms with Gasteiger partial charge in [0.1, 0.15) is 0 Å². The number of carbonyl (C=O) groups is 1. The number of ether oxygens (including phenoxy) is 1. The van der Waals surface area contributed by atoms with E-state index in [1.807, 2.05) is 0 Å². The van der Waals surface area contributed by atoms with Gasteiger partial charge in [0.05, 0.1) is 0 Å². The number of alkyl halides is 13. The van der Waals surface area contributed by atoms with Crippen LogP contribution in [0.3, 0.4) is 0 Å². The second kappa shape index (κ2) is 7.28. The molecular weight excluding hydrogens is 435 g/mol. The summed E-state index contributed by atoms with van der Waals surface area (Å²) in [6, 6.07) is 0. The average Bonchev–Trinajstić information content (AvgIpc) is 2.52. The van der Waals surface area contributed by atoms with Crippen LogP contribution >= 0.6 is 0 Å². The monoisotopic (exact) mass is 446 g/mol. The first-order valence-electron chi connectivity index (χ1n) is 6.83. The van der Waals surface area contributed by atoms with Gasteiger partial charge in [-0.2, -0.15) is 52.7 Å². The molecule has 0 aliphatic carbocycles. The quantitative estimate of drug-likeness (QED) is 0.275. The fraction of sp³-hybridized carbons (Fsp3) is 0.769. The lowest BCUT2D eigenvalue weighted by Gasteiger charge is -2.40. The van der Waals surface area contributed by atoms with Crippen molar-refractivity contribution in [2.75, 3.05) is 0 Å². The van der Waals surface area contributed by atoms with Crippen LogP contribution in [0.1, 0.15) is 20.8 Å². The summed E-state index contributed by atoms with van der Waals surface area (Å²) in [6.45, 7) is 1.10. The Balaban J connectivity index is 6.35. The maximum Gasteiger partial charge on any atom is 0.473 e. The van der Waals surface area contributed by atoms with Crippen LogP contribution in [0.25, 0.3) is 0 Å². The Morgan fingerprint density at radius 3 is 1.46 bits per heavy atom. The summed E-state index contributed by atoms with van der Waals surface area (Å²) in [6.07, 6.45) is -10.5. The van der Waals surface area contributed by atoms with E-state index in [0.29, 0.717) is 13.0 Å². The van der Waals surface area contributed by atoms with Crippen LogP contribution < -0.4 is 0 Å². The van der Waals surface area contributed by atoms with Gasteiger partial charge in [-0.1, -0.05) is 6.08 Å². The molecule has 0 saturated carbocycles. The Labute approximate surface area is 148 Å². The first-order valence-corrected chi connectivity index (χ1v) is 6.83. The van der Waals surface area contributed by atoms with Crippen molar-refractivity contribution in [3.63, 3.8) is 0 Å². The molecule has 0 fully saturated rings. The lowest BCUT2D eigenvalue weighted by atomic mass is 9.92. The fourth-order valence-electron chi connectivity index (χ4n) is 1.42. The number of allylic oxidation sites excluding steroid dienone is 1. The Bertz CT molecular complexity index is 622. The topological polar surface area (TPSA) is 26.3 Å². The molecule has 0 aromatic heterocycles. The van der Waals surface area contributed by atoms with Gasteiger partial charge in [0.15, 0.2) is 6.17 Å². The van der Waals surface area contributed by atoms with E-state index in [1.165, 1.54) is 0 Å². The molecule has 0 aliphatic rings. The van der Waals surface area contributed by atoms with E-state index in [2.05, 4.69) is 4.74 Å². The molecule has 0 amide bonds. The molecule has 0 N–H and O–H groups in total. The smallest absolute Gasteiger partial charge is 0.393 e. The third-order valence-corrected chi connectivity index (χ3v) is 3.44. The van der Waals surface area contributed by atoms with Gasteiger partial charge in [-0.25, -0.2) is 9.18 Å². The minimum absolute atomic E-state index is 0.490. The number of rotatable bonds is 8. The molecule has 28 heavy (non-hydrogen) atoms. The zero-order valence-corrected chi connectivity index (χ0v) is 13.9. The first-order chi connectivity index (χ1) is 12.1. The highest BCUT2D eigenvalue weighted by Crippen LogP contribution is 2.60. The molecule has 0 bridgehead atoms. The predicted octanol–water partition coefficient (Wildman–Crippen LogP) is 5.62. The lowest BCUT2D eigenvalue weighted by Crippen LogP contribution is -2.72. The highest BCUT2D eigenvalue weighted by Gasteiger charge is 2.91. The summed E-state index contributed by atoms with van der Waals surface area (Å²) in [7, 11) is 0. The van der Waals surface area contributed by atoms with E-state index in [4.69, 9.17) is 0 Å². The molecule has 166 valence electrons. The molecule has 15 heteroatoms. The van der Waals surface area contributed by atoms with Crippen molar-refractivity contribution in [2.45, 2.75) is 62.7 Å². The highest BCUT2D eigenvalue weighted by atomic mass is 19.4. The van der Waals surface area contributed by atoms with Gasteiger partial charge in [-0.15, -0.1) is 0 Å². The van der Waals surface area contributed by atoms with Gasteiger partial charge in [0.2, 0.25) is 0 Å². The first kappa shape index (κ1) is 26.3. The summed E-state index contributed by atoms with van der Waals surface area (Å²) in [4.78, 5) is 11.0. The van der Waals surface area contributed by atoms with Crippen molar-refractivity contribution in [2.24, 2.45) is 0 Å². The highest BCUT2D eigenvalue weighted by molar-refractivity contribution is 5.87. The normalized spacial score (nSPS) is 16.8. The molecule has 1 unspecified atom stereocenters. The molecule has 0 heterocycles. The van der Waals surface area contributed by atoms with Gasteiger partial charge in [-0.05, 0) is 20.8 Å². The van der Waals surface area contributed by atoms with Gasteiger partial charge in [-0.3, -0.25) is 0 Å². The van der Waals surface area contributed by atoms with Crippen molar-refractivity contribution in [3.05, 3.63) is 11.6 Å². The molecule has 0 aliphatic heterocycles. The third-order valence-electron chi connectivity index (χ3n) is 3.44. The SMILES string of the molecule is C/C=C(\C)C(=O)OC(F)(F)C(F)(F)C(F)(F)C(F)(F)C(F)(F)C(F)(F)C(C)F. The third kappa shape index (κ3) is 3.63. The molecule has 1 atom stereocenters. The zero-order valence-electron chi connectivity index (χ0n) is 13.9. The molecular formula is C13H11F13O2. The average molecular weight is 446 g/mol. The van der Waals surface area contributed by atoms with Crippen LogP contribution in [0.5, 0.6) is 0 Å². The number of hydrogen-bond acceptors (Lipinski definition) is 2. The number of esters is 1. The molecule has 2 nitrogen and oxygen atoms in total. The zero-order chi connectivity index (χ0) is 23.1. The standard InChI is InChI=1S/C13H11F13O2/c1-4-5(2)7(27)28-13(25,26)12(23,24)11(21,22)10(19,20)9(17,18)8(15,16)6(3)14/h4,6H,1-3H3/b5-4+. The Kier molecular flexibility index (Phi) is 6.84. The molecule has 0 radical (unpaired) electrons. The second-order valence-electron chi connectivity index (χ2n) is 5.41. The van der Waals surface area contributed by atoms with Gasteiger partial charge >= 0.3 is 41.7 Å². The van der Waals surface area contributed by atoms with E-state index < -0.39 is 60.4 Å². The van der Waals surface area contributed by atoms with Crippen molar-refractivity contribution in [1.29, 1.82) is 0 Å². The van der Waals surface area contributed by atoms with Crippen LogP contribution in [0.15, 0.2) is 11.6 Å². The number of hydrogen-bond donors (Lipinski definition) is 0. The van der Waals surface area contributed by atoms with E-state index in [0.717, 1.165) is 6.92 Å². The van der Waals surface area contributed by atoms with Gasteiger partial charge in [0, 0.05) is 5.57 Å². The fourth-order valence-corrected chi connectivity index (χ4v) is 1.42. The summed E-state index contributed by atoms with van der Waals surface area (Å²) in [5.41, 5.74) is -0.909. The Morgan fingerprint density at radius 2 is 1.14 bits per heavy atom. The van der Waals surface area contributed by atoms with Crippen LogP contribution in [0.4, 0.5) is 57.1 Å². The summed E-state index contributed by atoms with van der Waals surface area (Å²) in [5, 5.41) is 0. The van der Waals surface area contributed by atoms with Crippen LogP contribution in [0.2, 0.25) is 0 Å². The molecule has 0 spiro atoms. The van der Waals surface area contributed by atoms with Crippen molar-refractivity contribution in [3.8, 4) is 0 Å². The Hall–Kier alpha value is -1.70. The van der Waals surface area contributed by atoms with Crippen molar-refractivity contribution < 1.29 is 66.6 Å². The minimum atomic E-state index is -7.94. The van der Waals surface area contributed by atoms with Crippen LogP contribution in [-0.4, -0.2) is 47.9 Å². The molecule has 0 aromatic carbocycles. The summed E-state index contributed by atoms with van der Waals surface area (Å²) in [5.74, 6) is -40.1. The van der Waals surface area contributed by atoms with E-state index in [1.54, 1.807) is 0 Å². The lowest BCUT2D eigenvalue weighted by molar-refractivity contribution is -0.452. The van der Waals surface area contributed by atoms with E-state index in [-0.39, 0.29) is 0 Å².